The maximum absolute atomic E-state index is 12.3. The minimum absolute atomic E-state index is 0.0658. The van der Waals surface area contributed by atoms with Gasteiger partial charge in [0.05, 0.1) is 4.90 Å². The van der Waals surface area contributed by atoms with Crippen LogP contribution in [0.5, 0.6) is 5.75 Å². The van der Waals surface area contributed by atoms with Crippen LogP contribution in [-0.4, -0.2) is 37.0 Å². The van der Waals surface area contributed by atoms with Gasteiger partial charge in [-0.25, -0.2) is 0 Å². The lowest BCUT2D eigenvalue weighted by Gasteiger charge is -2.12. The third-order valence-electron chi connectivity index (χ3n) is 3.85. The first-order valence-electron chi connectivity index (χ1n) is 7.59. The SMILES string of the molecule is O=C(Nc1cc(S(=O)(=O)O)c2cc(S(=O)(=O)O)cc(O)c2c1)c1ccccc1. The van der Waals surface area contributed by atoms with Crippen molar-refractivity contribution in [2.45, 2.75) is 9.79 Å². The summed E-state index contributed by atoms with van der Waals surface area (Å²) >= 11 is 0. The van der Waals surface area contributed by atoms with Crippen molar-refractivity contribution < 1.29 is 35.8 Å². The normalized spacial score (nSPS) is 12.1. The Balaban J connectivity index is 2.22. The second kappa shape index (κ2) is 6.87. The fourth-order valence-corrected chi connectivity index (χ4v) is 3.86. The number of nitrogens with one attached hydrogen (secondary N) is 1. The summed E-state index contributed by atoms with van der Waals surface area (Å²) in [6, 6.07) is 11.6. The highest BCUT2D eigenvalue weighted by Gasteiger charge is 2.22. The summed E-state index contributed by atoms with van der Waals surface area (Å²) in [5, 5.41) is 12.0. The Morgan fingerprint density at radius 3 is 2.04 bits per heavy atom. The molecule has 11 heteroatoms. The van der Waals surface area contributed by atoms with Gasteiger partial charge in [0.25, 0.3) is 26.1 Å². The van der Waals surface area contributed by atoms with E-state index in [1.54, 1.807) is 18.2 Å². The monoisotopic (exact) mass is 423 g/mol. The van der Waals surface area contributed by atoms with E-state index in [4.69, 9.17) is 4.55 Å². The fourth-order valence-electron chi connectivity index (χ4n) is 2.61. The van der Waals surface area contributed by atoms with Crippen LogP contribution >= 0.6 is 0 Å². The first-order valence-corrected chi connectivity index (χ1v) is 10.5. The van der Waals surface area contributed by atoms with Crippen molar-refractivity contribution in [3.63, 3.8) is 0 Å². The van der Waals surface area contributed by atoms with Crippen molar-refractivity contribution in [1.82, 2.24) is 0 Å². The lowest BCUT2D eigenvalue weighted by atomic mass is 10.1. The van der Waals surface area contributed by atoms with E-state index in [2.05, 4.69) is 5.32 Å². The third-order valence-corrected chi connectivity index (χ3v) is 5.58. The predicted octanol–water partition coefficient (Wildman–Crippen LogP) is 2.29. The number of amides is 1. The van der Waals surface area contributed by atoms with Gasteiger partial charge in [-0.3, -0.25) is 13.9 Å². The zero-order valence-electron chi connectivity index (χ0n) is 13.9. The van der Waals surface area contributed by atoms with Crippen molar-refractivity contribution in [1.29, 1.82) is 0 Å². The van der Waals surface area contributed by atoms with E-state index in [0.29, 0.717) is 6.07 Å². The minimum Gasteiger partial charge on any atom is -0.507 e. The average Bonchev–Trinajstić information content (AvgIpc) is 2.60. The standard InChI is InChI=1S/C17H13NO8S2/c19-15-9-12(27(21,22)23)8-14-13(15)6-11(7-16(14)28(24,25)26)18-17(20)10-4-2-1-3-5-10/h1-9,19H,(H,18,20)(H,21,22,23)(H,24,25,26). The molecule has 0 aliphatic heterocycles. The molecule has 9 nitrogen and oxygen atoms in total. The largest absolute Gasteiger partial charge is 0.507 e. The molecule has 1 amide bonds. The number of rotatable bonds is 4. The molecule has 3 aromatic carbocycles. The Labute approximate surface area is 159 Å². The molecular formula is C17H13NO8S2. The van der Waals surface area contributed by atoms with E-state index < -0.39 is 41.7 Å². The van der Waals surface area contributed by atoms with Crippen molar-refractivity contribution in [3.05, 3.63) is 60.2 Å². The van der Waals surface area contributed by atoms with Gasteiger partial charge in [0.2, 0.25) is 0 Å². The molecule has 0 aromatic heterocycles. The topological polar surface area (TPSA) is 158 Å². The smallest absolute Gasteiger partial charge is 0.295 e. The molecule has 3 aromatic rings. The van der Waals surface area contributed by atoms with Gasteiger partial charge in [-0.15, -0.1) is 0 Å². The van der Waals surface area contributed by atoms with Crippen LogP contribution in [-0.2, 0) is 20.2 Å². The van der Waals surface area contributed by atoms with Crippen molar-refractivity contribution in [2.75, 3.05) is 5.32 Å². The number of carbonyl (C=O) groups excluding carboxylic acids is 1. The van der Waals surface area contributed by atoms with E-state index >= 15 is 0 Å². The van der Waals surface area contributed by atoms with E-state index in [0.717, 1.165) is 12.1 Å². The molecule has 0 unspecified atom stereocenters. The highest BCUT2D eigenvalue weighted by Crippen LogP contribution is 2.35. The molecule has 0 saturated heterocycles. The Morgan fingerprint density at radius 1 is 0.821 bits per heavy atom. The van der Waals surface area contributed by atoms with Crippen LogP contribution in [0, 0.1) is 0 Å². The van der Waals surface area contributed by atoms with Crippen LogP contribution in [0.2, 0.25) is 0 Å². The molecule has 0 radical (unpaired) electrons. The number of hydrogen-bond acceptors (Lipinski definition) is 6. The zero-order valence-corrected chi connectivity index (χ0v) is 15.5. The van der Waals surface area contributed by atoms with E-state index in [-0.39, 0.29) is 22.0 Å². The molecule has 4 N–H and O–H groups in total. The lowest BCUT2D eigenvalue weighted by molar-refractivity contribution is 0.102. The summed E-state index contributed by atoms with van der Waals surface area (Å²) in [6.45, 7) is 0. The molecule has 0 aliphatic carbocycles. The third kappa shape index (κ3) is 3.97. The maximum Gasteiger partial charge on any atom is 0.295 e. The van der Waals surface area contributed by atoms with E-state index in [1.807, 2.05) is 0 Å². The van der Waals surface area contributed by atoms with Gasteiger partial charge in [0, 0.05) is 28.1 Å². The van der Waals surface area contributed by atoms with E-state index in [9.17, 15) is 31.3 Å². The number of phenols is 1. The number of fused-ring (bicyclic) bond motifs is 1. The Bertz CT molecular complexity index is 1300. The van der Waals surface area contributed by atoms with Crippen LogP contribution in [0.3, 0.4) is 0 Å². The number of benzene rings is 3. The molecule has 0 fully saturated rings. The van der Waals surface area contributed by atoms with Gasteiger partial charge in [0.15, 0.2) is 0 Å². The summed E-state index contributed by atoms with van der Waals surface area (Å²) in [5.74, 6) is -1.25. The van der Waals surface area contributed by atoms with Crippen LogP contribution in [0.4, 0.5) is 5.69 Å². The molecule has 146 valence electrons. The summed E-state index contributed by atoms with van der Waals surface area (Å²) in [6.07, 6.45) is 0. The Kier molecular flexibility index (Phi) is 4.85. The van der Waals surface area contributed by atoms with Crippen molar-refractivity contribution in [2.24, 2.45) is 0 Å². The highest BCUT2D eigenvalue weighted by molar-refractivity contribution is 7.86. The second-order valence-corrected chi connectivity index (χ2v) is 8.59. The van der Waals surface area contributed by atoms with Gasteiger partial charge in [-0.2, -0.15) is 16.8 Å². The first-order chi connectivity index (χ1) is 13.0. The zero-order chi connectivity index (χ0) is 20.7. The predicted molar refractivity (Wildman–Crippen MR) is 99.6 cm³/mol. The van der Waals surface area contributed by atoms with Crippen molar-refractivity contribution in [3.8, 4) is 5.75 Å². The lowest BCUT2D eigenvalue weighted by Crippen LogP contribution is -2.12. The van der Waals surface area contributed by atoms with Crippen LogP contribution in [0.25, 0.3) is 10.8 Å². The van der Waals surface area contributed by atoms with Gasteiger partial charge >= 0.3 is 0 Å². The number of hydrogen-bond donors (Lipinski definition) is 4. The average molecular weight is 423 g/mol. The van der Waals surface area contributed by atoms with Crippen molar-refractivity contribution >= 4 is 42.6 Å². The molecular weight excluding hydrogens is 410 g/mol. The summed E-state index contributed by atoms with van der Waals surface area (Å²) in [5.41, 5.74) is 0.214. The second-order valence-electron chi connectivity index (χ2n) is 5.78. The minimum atomic E-state index is -4.87. The number of aromatic hydroxyl groups is 1. The molecule has 0 saturated carbocycles. The summed E-state index contributed by atoms with van der Waals surface area (Å²) < 4.78 is 64.9. The number of anilines is 1. The highest BCUT2D eigenvalue weighted by atomic mass is 32.2. The Morgan fingerprint density at radius 2 is 1.46 bits per heavy atom. The maximum atomic E-state index is 12.3. The van der Waals surface area contributed by atoms with E-state index in [1.165, 1.54) is 18.2 Å². The molecule has 0 atom stereocenters. The molecule has 0 bridgehead atoms. The molecule has 0 aliphatic rings. The van der Waals surface area contributed by atoms with Crippen LogP contribution < -0.4 is 5.32 Å². The Hall–Kier alpha value is -2.99. The first kappa shape index (κ1) is 19.8. The number of phenolic OH excluding ortho intramolecular Hbond substituents is 1. The molecule has 0 heterocycles. The van der Waals surface area contributed by atoms with Gasteiger partial charge < -0.3 is 10.4 Å². The van der Waals surface area contributed by atoms with Gasteiger partial charge in [0.1, 0.15) is 10.6 Å². The fraction of sp³-hybridized carbons (Fsp3) is 0. The van der Waals surface area contributed by atoms with Gasteiger partial charge in [-0.05, 0) is 30.3 Å². The molecule has 3 rings (SSSR count). The molecule has 28 heavy (non-hydrogen) atoms. The van der Waals surface area contributed by atoms with Gasteiger partial charge in [-0.1, -0.05) is 18.2 Å². The number of carbonyl (C=O) groups is 1. The summed E-state index contributed by atoms with van der Waals surface area (Å²) in [4.78, 5) is 10.8. The van der Waals surface area contributed by atoms with Crippen LogP contribution in [0.15, 0.2) is 64.4 Å². The van der Waals surface area contributed by atoms with Crippen LogP contribution in [0.1, 0.15) is 10.4 Å². The molecule has 0 spiro atoms. The quantitative estimate of drug-likeness (QED) is 0.465. The summed E-state index contributed by atoms with van der Waals surface area (Å²) in [7, 11) is -9.62.